The third kappa shape index (κ3) is 1.92. The maximum absolute atomic E-state index is 13.1. The third-order valence-corrected chi connectivity index (χ3v) is 3.05. The van der Waals surface area contributed by atoms with E-state index >= 15 is 0 Å². The second kappa shape index (κ2) is 4.34. The molecule has 2 unspecified atom stereocenters. The summed E-state index contributed by atoms with van der Waals surface area (Å²) in [6.45, 7) is 0. The highest BCUT2D eigenvalue weighted by atomic mass is 35.5. The maximum atomic E-state index is 13.1. The number of nitrogens with one attached hydrogen (secondary N) is 1. The Hall–Kier alpha value is -2.02. The lowest BCUT2D eigenvalue weighted by Crippen LogP contribution is -2.22. The number of rotatable bonds is 2. The van der Waals surface area contributed by atoms with E-state index in [1.54, 1.807) is 0 Å². The lowest BCUT2D eigenvalue weighted by Gasteiger charge is -2.09. The number of benzene rings is 1. The van der Waals surface area contributed by atoms with Crippen LogP contribution in [0.5, 0.6) is 0 Å². The number of nitro groups is 1. The van der Waals surface area contributed by atoms with Crippen LogP contribution in [0.25, 0.3) is 0 Å². The van der Waals surface area contributed by atoms with Crippen molar-refractivity contribution in [3.05, 3.63) is 39.7 Å². The fourth-order valence-corrected chi connectivity index (χ4v) is 2.05. The van der Waals surface area contributed by atoms with Crippen molar-refractivity contribution < 1.29 is 18.9 Å². The Kier molecular flexibility index (Phi) is 3.00. The van der Waals surface area contributed by atoms with E-state index in [4.69, 9.17) is 11.6 Å². The van der Waals surface area contributed by atoms with E-state index in [0.717, 1.165) is 12.1 Å². The number of carbonyl (C=O) groups excluding carboxylic acids is 2. The molecule has 0 spiro atoms. The first-order chi connectivity index (χ1) is 8.41. The van der Waals surface area contributed by atoms with E-state index in [0.29, 0.717) is 0 Å². The normalized spacial score (nSPS) is 23.0. The minimum Gasteiger partial charge on any atom is -0.295 e. The predicted octanol–water partition coefficient (Wildman–Crippen LogP) is 1.08. The van der Waals surface area contributed by atoms with Crippen LogP contribution in [0.15, 0.2) is 18.2 Å². The first-order valence-electron chi connectivity index (χ1n) is 4.84. The van der Waals surface area contributed by atoms with Gasteiger partial charge in [-0.15, -0.1) is 11.6 Å². The number of alkyl halides is 1. The van der Waals surface area contributed by atoms with Crippen molar-refractivity contribution in [2.75, 3.05) is 0 Å². The first-order valence-corrected chi connectivity index (χ1v) is 5.28. The largest absolute Gasteiger partial charge is 0.305 e. The van der Waals surface area contributed by atoms with Crippen LogP contribution >= 0.6 is 11.6 Å². The van der Waals surface area contributed by atoms with Gasteiger partial charge >= 0.3 is 5.69 Å². The van der Waals surface area contributed by atoms with E-state index in [1.807, 2.05) is 5.32 Å². The van der Waals surface area contributed by atoms with E-state index < -0.39 is 39.5 Å². The van der Waals surface area contributed by atoms with Crippen LogP contribution in [0.4, 0.5) is 10.1 Å². The summed E-state index contributed by atoms with van der Waals surface area (Å²) in [5, 5.41) is 11.4. The molecular formula is C10H6ClFN2O4. The Labute approximate surface area is 105 Å². The summed E-state index contributed by atoms with van der Waals surface area (Å²) in [6, 6.07) is 2.97. The second-order valence-corrected chi connectivity index (χ2v) is 4.17. The molecule has 1 aromatic carbocycles. The highest BCUT2D eigenvalue weighted by Crippen LogP contribution is 2.31. The molecule has 2 atom stereocenters. The Morgan fingerprint density at radius 1 is 1.33 bits per heavy atom. The Balaban J connectivity index is 2.46. The third-order valence-electron chi connectivity index (χ3n) is 2.60. The number of carbonyl (C=O) groups is 2. The average Bonchev–Trinajstić information content (AvgIpc) is 2.54. The molecule has 0 bridgehead atoms. The number of nitro benzene ring substituents is 1. The fraction of sp³-hybridized carbons (Fsp3) is 0.200. The molecule has 1 aromatic rings. The molecule has 1 N–H and O–H groups in total. The number of amides is 2. The maximum Gasteiger partial charge on any atom is 0.305 e. The van der Waals surface area contributed by atoms with Gasteiger partial charge in [0.25, 0.3) is 0 Å². The lowest BCUT2D eigenvalue weighted by atomic mass is 9.96. The number of hydrogen-bond donors (Lipinski definition) is 1. The summed E-state index contributed by atoms with van der Waals surface area (Å²) in [4.78, 5) is 32.3. The average molecular weight is 273 g/mol. The van der Waals surface area contributed by atoms with Gasteiger partial charge < -0.3 is 0 Å². The number of halogens is 2. The Morgan fingerprint density at radius 2 is 2.00 bits per heavy atom. The van der Waals surface area contributed by atoms with E-state index in [-0.39, 0.29) is 5.56 Å². The summed E-state index contributed by atoms with van der Waals surface area (Å²) in [5.74, 6) is -3.38. The molecule has 1 saturated heterocycles. The SMILES string of the molecule is O=C1NC(=O)C(c2ccc(F)c([N+](=O)[O-])c2)C1Cl. The van der Waals surface area contributed by atoms with Crippen LogP contribution < -0.4 is 5.32 Å². The fourth-order valence-electron chi connectivity index (χ4n) is 1.74. The van der Waals surface area contributed by atoms with Gasteiger partial charge in [0.05, 0.1) is 10.8 Å². The second-order valence-electron chi connectivity index (χ2n) is 3.70. The molecule has 18 heavy (non-hydrogen) atoms. The molecule has 94 valence electrons. The van der Waals surface area contributed by atoms with Crippen LogP contribution in [-0.4, -0.2) is 22.1 Å². The van der Waals surface area contributed by atoms with E-state index in [2.05, 4.69) is 0 Å². The topological polar surface area (TPSA) is 89.3 Å². The van der Waals surface area contributed by atoms with E-state index in [1.165, 1.54) is 6.07 Å². The zero-order valence-corrected chi connectivity index (χ0v) is 9.48. The summed E-state index contributed by atoms with van der Waals surface area (Å²) < 4.78 is 13.1. The van der Waals surface area contributed by atoms with Crippen molar-refractivity contribution in [2.24, 2.45) is 0 Å². The summed E-state index contributed by atoms with van der Waals surface area (Å²) in [5.41, 5.74) is -0.630. The lowest BCUT2D eigenvalue weighted by molar-refractivity contribution is -0.387. The molecule has 2 amide bonds. The summed E-state index contributed by atoms with van der Waals surface area (Å²) in [6.07, 6.45) is 0. The van der Waals surface area contributed by atoms with Gasteiger partial charge in [-0.05, 0) is 11.6 Å². The smallest absolute Gasteiger partial charge is 0.295 e. The van der Waals surface area contributed by atoms with Crippen LogP contribution in [0, 0.1) is 15.9 Å². The molecule has 8 heteroatoms. The molecule has 1 aliphatic heterocycles. The standard InChI is InChI=1S/C10H6ClFN2O4/c11-8-7(9(15)13-10(8)16)4-1-2-5(12)6(3-4)14(17)18/h1-3,7-8H,(H,13,15,16). The number of nitrogens with zero attached hydrogens (tertiary/aromatic N) is 1. The van der Waals surface area contributed by atoms with Crippen molar-refractivity contribution >= 4 is 29.1 Å². The van der Waals surface area contributed by atoms with Crippen LogP contribution in [0.2, 0.25) is 0 Å². The minimum absolute atomic E-state index is 0.131. The predicted molar refractivity (Wildman–Crippen MR) is 58.6 cm³/mol. The van der Waals surface area contributed by atoms with Crippen LogP contribution in [0.1, 0.15) is 11.5 Å². The highest BCUT2D eigenvalue weighted by Gasteiger charge is 2.42. The molecule has 0 saturated carbocycles. The van der Waals surface area contributed by atoms with Crippen molar-refractivity contribution in [1.82, 2.24) is 5.32 Å². The molecule has 6 nitrogen and oxygen atoms in total. The van der Waals surface area contributed by atoms with Gasteiger partial charge in [0.1, 0.15) is 5.38 Å². The molecule has 0 radical (unpaired) electrons. The van der Waals surface area contributed by atoms with Gasteiger partial charge in [0.15, 0.2) is 0 Å². The van der Waals surface area contributed by atoms with Crippen molar-refractivity contribution in [3.8, 4) is 0 Å². The molecule has 0 aromatic heterocycles. The van der Waals surface area contributed by atoms with Gasteiger partial charge in [-0.25, -0.2) is 0 Å². The Bertz CT molecular complexity index is 563. The molecule has 1 heterocycles. The number of hydrogen-bond acceptors (Lipinski definition) is 4. The van der Waals surface area contributed by atoms with Crippen LogP contribution in [0.3, 0.4) is 0 Å². The molecule has 1 aliphatic rings. The van der Waals surface area contributed by atoms with Gasteiger partial charge in [-0.2, -0.15) is 4.39 Å². The van der Waals surface area contributed by atoms with Crippen molar-refractivity contribution in [1.29, 1.82) is 0 Å². The van der Waals surface area contributed by atoms with Gasteiger partial charge in [0.2, 0.25) is 17.6 Å². The van der Waals surface area contributed by atoms with Gasteiger partial charge in [-0.1, -0.05) is 6.07 Å². The zero-order valence-electron chi connectivity index (χ0n) is 8.72. The molecule has 0 aliphatic carbocycles. The first kappa shape index (κ1) is 12.4. The quantitative estimate of drug-likeness (QED) is 0.377. The van der Waals surface area contributed by atoms with Gasteiger partial charge in [-0.3, -0.25) is 25.0 Å². The summed E-state index contributed by atoms with van der Waals surface area (Å²) in [7, 11) is 0. The highest BCUT2D eigenvalue weighted by molar-refractivity contribution is 6.37. The summed E-state index contributed by atoms with van der Waals surface area (Å²) >= 11 is 5.73. The zero-order chi connectivity index (χ0) is 13.4. The molecular weight excluding hydrogens is 267 g/mol. The Morgan fingerprint density at radius 3 is 2.50 bits per heavy atom. The van der Waals surface area contributed by atoms with E-state index in [9.17, 15) is 24.1 Å². The number of imide groups is 1. The van der Waals surface area contributed by atoms with Crippen molar-refractivity contribution in [3.63, 3.8) is 0 Å². The molecule has 2 rings (SSSR count). The monoisotopic (exact) mass is 272 g/mol. The molecule has 1 fully saturated rings. The van der Waals surface area contributed by atoms with Gasteiger partial charge in [0, 0.05) is 6.07 Å². The van der Waals surface area contributed by atoms with Crippen molar-refractivity contribution in [2.45, 2.75) is 11.3 Å². The minimum atomic E-state index is -1.15. The van der Waals surface area contributed by atoms with Crippen LogP contribution in [-0.2, 0) is 9.59 Å².